The van der Waals surface area contributed by atoms with E-state index in [1.807, 2.05) is 36.4 Å². The van der Waals surface area contributed by atoms with Gasteiger partial charge in [0.05, 0.1) is 21.3 Å². The lowest BCUT2D eigenvalue weighted by molar-refractivity contribution is 0.414. The monoisotopic (exact) mass is 1450 g/mol. The van der Waals surface area contributed by atoms with E-state index < -0.39 is 0 Å². The first-order valence-corrected chi connectivity index (χ1v) is 37.8. The molecule has 0 atom stereocenters. The van der Waals surface area contributed by atoms with Crippen LogP contribution in [-0.4, -0.2) is 21.3 Å². The molecule has 0 aromatic heterocycles. The van der Waals surface area contributed by atoms with Crippen LogP contribution in [0.2, 0.25) is 0 Å². The summed E-state index contributed by atoms with van der Waals surface area (Å²) in [4.78, 5) is 9.17. The Labute approximate surface area is 657 Å². The molecule has 0 heterocycles. The van der Waals surface area contributed by atoms with E-state index in [0.29, 0.717) is 0 Å². The van der Waals surface area contributed by atoms with Crippen LogP contribution in [0, 0.1) is 62.3 Å². The maximum Gasteiger partial charge on any atom is 0.119 e. The molecule has 0 saturated carbocycles. The van der Waals surface area contributed by atoms with Crippen LogP contribution in [-0.2, 0) is 0 Å². The highest BCUT2D eigenvalue weighted by Crippen LogP contribution is 2.42. The molecule has 0 amide bonds. The SMILES string of the molecule is COc1ccc(N(c2ccc(C)cc2)c2ccc(C=Cc3ccc(C=Cc4ccc(N(c5ccc(C)cc5)c5ccc(C)cc5)cc4C)cc3)c(C)c2)cc1.COc1ccc(N(c2ccc(OC)cc2)c2ccc(C=Cc3ccc(C=Cc4ccc(N(c5ccc(C)cc5)c5ccc(C)cc5)cc4C)cc3)c(C)c2)cc1. The largest absolute Gasteiger partial charge is 0.497 e. The average Bonchev–Trinajstić information content (AvgIpc) is 0.814. The molecule has 0 spiro atoms. The summed E-state index contributed by atoms with van der Waals surface area (Å²) < 4.78 is 16.3. The minimum atomic E-state index is 0.824. The highest BCUT2D eigenvalue weighted by atomic mass is 16.5. The topological polar surface area (TPSA) is 40.6 Å². The molecule has 111 heavy (non-hydrogen) atoms. The quantitative estimate of drug-likeness (QED) is 0.0591. The fourth-order valence-electron chi connectivity index (χ4n) is 13.6. The van der Waals surface area contributed by atoms with Crippen LogP contribution in [0.1, 0.15) is 94.6 Å². The summed E-state index contributed by atoms with van der Waals surface area (Å²) in [5.74, 6) is 2.49. The molecule has 0 aliphatic carbocycles. The average molecular weight is 1450 g/mol. The molecule has 7 nitrogen and oxygen atoms in total. The molecular formula is C104H96N4O3. The molecule has 0 fully saturated rings. The summed E-state index contributed by atoms with van der Waals surface area (Å²) in [7, 11) is 5.07. The summed E-state index contributed by atoms with van der Waals surface area (Å²) in [5.41, 5.74) is 33.8. The second-order valence-corrected chi connectivity index (χ2v) is 28.4. The lowest BCUT2D eigenvalue weighted by Crippen LogP contribution is -2.10. The maximum absolute atomic E-state index is 5.42. The van der Waals surface area contributed by atoms with Crippen LogP contribution in [0.5, 0.6) is 17.2 Å². The van der Waals surface area contributed by atoms with Crippen LogP contribution in [0.25, 0.3) is 48.6 Å². The van der Waals surface area contributed by atoms with Crippen molar-refractivity contribution in [2.24, 2.45) is 0 Å². The Balaban J connectivity index is 0.000000195. The Morgan fingerprint density at radius 3 is 0.477 bits per heavy atom. The van der Waals surface area contributed by atoms with Crippen molar-refractivity contribution in [2.45, 2.75) is 62.3 Å². The Morgan fingerprint density at radius 1 is 0.171 bits per heavy atom. The number of methoxy groups -OCH3 is 3. The van der Waals surface area contributed by atoms with Gasteiger partial charge in [0.1, 0.15) is 17.2 Å². The van der Waals surface area contributed by atoms with Gasteiger partial charge < -0.3 is 33.8 Å². The molecule has 0 bridgehead atoms. The van der Waals surface area contributed by atoms with Gasteiger partial charge in [-0.3, -0.25) is 0 Å². The summed E-state index contributed by atoms with van der Waals surface area (Å²) >= 11 is 0. The van der Waals surface area contributed by atoms with E-state index in [9.17, 15) is 0 Å². The molecule has 0 unspecified atom stereocenters. The smallest absolute Gasteiger partial charge is 0.119 e. The van der Waals surface area contributed by atoms with Crippen LogP contribution in [0.3, 0.4) is 0 Å². The van der Waals surface area contributed by atoms with Crippen LogP contribution in [0.15, 0.2) is 315 Å². The normalized spacial score (nSPS) is 11.3. The van der Waals surface area contributed by atoms with Crippen molar-refractivity contribution in [1.82, 2.24) is 0 Å². The molecule has 550 valence electrons. The number of nitrogens with zero attached hydrogens (tertiary/aromatic N) is 4. The molecule has 0 aliphatic heterocycles. The van der Waals surface area contributed by atoms with Crippen molar-refractivity contribution in [3.63, 3.8) is 0 Å². The third-order valence-electron chi connectivity index (χ3n) is 20.2. The Bertz CT molecular complexity index is 5430. The maximum atomic E-state index is 5.42. The zero-order valence-electron chi connectivity index (χ0n) is 65.7. The Morgan fingerprint density at radius 2 is 0.324 bits per heavy atom. The minimum Gasteiger partial charge on any atom is -0.497 e. The number of anilines is 12. The fourth-order valence-corrected chi connectivity index (χ4v) is 13.6. The summed E-state index contributed by atoms with van der Waals surface area (Å²) in [5, 5.41) is 0. The molecular weight excluding hydrogens is 1350 g/mol. The Kier molecular flexibility index (Phi) is 24.3. The second kappa shape index (κ2) is 35.6. The lowest BCUT2D eigenvalue weighted by atomic mass is 10.0. The van der Waals surface area contributed by atoms with Crippen molar-refractivity contribution in [3.8, 4) is 17.2 Å². The van der Waals surface area contributed by atoms with Gasteiger partial charge in [-0.1, -0.05) is 210 Å². The van der Waals surface area contributed by atoms with E-state index in [-0.39, 0.29) is 0 Å². The highest BCUT2D eigenvalue weighted by Gasteiger charge is 2.19. The zero-order chi connectivity index (χ0) is 77.3. The number of hydrogen-bond acceptors (Lipinski definition) is 7. The first kappa shape index (κ1) is 75.9. The van der Waals surface area contributed by atoms with Gasteiger partial charge in [0, 0.05) is 68.2 Å². The minimum absolute atomic E-state index is 0.824. The van der Waals surface area contributed by atoms with E-state index in [4.69, 9.17) is 14.2 Å². The number of aryl methyl sites for hydroxylation is 9. The van der Waals surface area contributed by atoms with Crippen molar-refractivity contribution in [3.05, 3.63) is 410 Å². The van der Waals surface area contributed by atoms with Gasteiger partial charge in [-0.05, 0) is 311 Å². The Hall–Kier alpha value is -13.4. The molecule has 0 saturated heterocycles. The number of ether oxygens (including phenoxy) is 3. The van der Waals surface area contributed by atoms with Crippen molar-refractivity contribution < 1.29 is 14.2 Å². The van der Waals surface area contributed by atoms with Gasteiger partial charge in [0.25, 0.3) is 0 Å². The van der Waals surface area contributed by atoms with E-state index in [1.54, 1.807) is 21.3 Å². The third kappa shape index (κ3) is 19.1. The highest BCUT2D eigenvalue weighted by molar-refractivity contribution is 5.85. The van der Waals surface area contributed by atoms with Gasteiger partial charge in [-0.15, -0.1) is 0 Å². The van der Waals surface area contributed by atoms with Gasteiger partial charge in [-0.2, -0.15) is 0 Å². The van der Waals surface area contributed by atoms with Crippen LogP contribution in [0.4, 0.5) is 68.2 Å². The number of hydrogen-bond donors (Lipinski definition) is 0. The zero-order valence-corrected chi connectivity index (χ0v) is 65.7. The first-order valence-electron chi connectivity index (χ1n) is 37.8. The summed E-state index contributed by atoms with van der Waals surface area (Å²) in [6.45, 7) is 19.3. The molecule has 0 radical (unpaired) electrons. The van der Waals surface area contributed by atoms with Gasteiger partial charge in [-0.25, -0.2) is 0 Å². The summed E-state index contributed by atoms with van der Waals surface area (Å²) in [6, 6.07) is 112. The molecule has 14 rings (SSSR count). The van der Waals surface area contributed by atoms with Crippen molar-refractivity contribution in [2.75, 3.05) is 40.9 Å². The van der Waals surface area contributed by atoms with Crippen molar-refractivity contribution >= 4 is 117 Å². The predicted octanol–water partition coefficient (Wildman–Crippen LogP) is 28.7. The van der Waals surface area contributed by atoms with Crippen LogP contribution < -0.4 is 33.8 Å². The van der Waals surface area contributed by atoms with E-state index in [0.717, 1.165) is 108 Å². The number of benzene rings is 14. The molecule has 0 N–H and O–H groups in total. The molecule has 7 heteroatoms. The van der Waals surface area contributed by atoms with Gasteiger partial charge in [0.15, 0.2) is 0 Å². The molecule has 0 aliphatic rings. The van der Waals surface area contributed by atoms with Crippen LogP contribution >= 0.6 is 0 Å². The van der Waals surface area contributed by atoms with Gasteiger partial charge >= 0.3 is 0 Å². The molecule has 14 aromatic carbocycles. The van der Waals surface area contributed by atoms with Crippen molar-refractivity contribution in [1.29, 1.82) is 0 Å². The second-order valence-electron chi connectivity index (χ2n) is 28.4. The fraction of sp³-hybridized carbons (Fsp3) is 0.115. The van der Waals surface area contributed by atoms with Gasteiger partial charge in [0.2, 0.25) is 0 Å². The predicted molar refractivity (Wildman–Crippen MR) is 475 cm³/mol. The van der Waals surface area contributed by atoms with E-state index in [2.05, 4.69) is 410 Å². The molecule has 14 aromatic rings. The van der Waals surface area contributed by atoms with E-state index in [1.165, 1.54) is 72.3 Å². The lowest BCUT2D eigenvalue weighted by Gasteiger charge is -2.26. The number of rotatable bonds is 23. The standard InChI is InChI=1S/C52H48N2O2.C52H48N2O/c1-37-7-21-45(22-8-37)53(46-23-9-38(2)10-24-46)49-25-19-43(39(3)35-49)17-15-41-11-13-42(14-12-41)16-18-44-20-26-50(36-40(44)4)54(47-27-31-51(55-5)32-28-47)48-29-33-52(56-6)34-30-48;1-37-7-23-46(24-8-37)53(47-25-9-38(2)10-26-47)50-29-21-44(40(4)35-50)19-17-42-13-15-43(16-14-42)18-20-45-22-30-51(36-41(45)5)54(48-27-11-39(3)12-28-48)49-31-33-52(55-6)34-32-49/h7-36H,1-6H3;7-36H,1-6H3. The summed E-state index contributed by atoms with van der Waals surface area (Å²) in [6.07, 6.45) is 17.6. The third-order valence-corrected chi connectivity index (χ3v) is 20.2. The van der Waals surface area contributed by atoms with E-state index >= 15 is 0 Å². The first-order chi connectivity index (χ1) is 54.0.